The third-order valence-electron chi connectivity index (χ3n) is 8.59. The predicted molar refractivity (Wildman–Crippen MR) is 198 cm³/mol. The number of nitrogens with one attached hydrogen (secondary N) is 4. The molecule has 0 saturated carbocycles. The molecule has 0 aliphatic heterocycles. The Hall–Kier alpha value is -4.83. The maximum absolute atomic E-state index is 15.0. The highest BCUT2D eigenvalue weighted by Crippen LogP contribution is 2.45. The summed E-state index contributed by atoms with van der Waals surface area (Å²) in [4.78, 5) is 18.3. The molecule has 10 nitrogen and oxygen atoms in total. The number of rotatable bonds is 11. The highest BCUT2D eigenvalue weighted by Gasteiger charge is 2.51. The number of halogens is 8. The Kier molecular flexibility index (Phi) is 12.1. The van der Waals surface area contributed by atoms with Gasteiger partial charge in [-0.05, 0) is 68.0 Å². The van der Waals surface area contributed by atoms with Gasteiger partial charge in [0.15, 0.2) is 0 Å². The van der Waals surface area contributed by atoms with Crippen molar-refractivity contribution < 1.29 is 45.2 Å². The summed E-state index contributed by atoms with van der Waals surface area (Å²) in [6.45, 7) is 2.97. The third kappa shape index (κ3) is 9.57. The first-order chi connectivity index (χ1) is 25.9. The number of benzene rings is 2. The van der Waals surface area contributed by atoms with Crippen LogP contribution in [-0.4, -0.2) is 66.5 Å². The lowest BCUT2D eigenvalue weighted by Gasteiger charge is -2.23. The van der Waals surface area contributed by atoms with E-state index >= 15 is 8.78 Å². The number of amides is 1. The predicted octanol–water partition coefficient (Wildman–Crippen LogP) is 6.90. The number of fused-ring (bicyclic) bond motifs is 1. The van der Waals surface area contributed by atoms with Gasteiger partial charge in [0.05, 0.1) is 51.3 Å². The molecule has 19 heteroatoms. The Morgan fingerprint density at radius 3 is 2.41 bits per heavy atom. The highest BCUT2D eigenvalue weighted by atomic mass is 35.5. The van der Waals surface area contributed by atoms with Crippen molar-refractivity contribution in [2.75, 3.05) is 17.5 Å². The maximum Gasteiger partial charge on any atom is 0.433 e. The number of aliphatic hydroxyl groups is 1. The molecular weight excluding hydrogens is 791 g/mol. The minimum absolute atomic E-state index is 0.0277. The van der Waals surface area contributed by atoms with Crippen LogP contribution in [0.2, 0.25) is 5.02 Å². The normalized spacial score (nSPS) is 16.7. The fourth-order valence-electron chi connectivity index (χ4n) is 6.43. The average molecular weight is 826 g/mol. The zero-order valence-electron chi connectivity index (χ0n) is 30.4. The molecular formula is C37H35ClF7N7O3S. The summed E-state index contributed by atoms with van der Waals surface area (Å²) in [5.41, 5.74) is -4.40. The van der Waals surface area contributed by atoms with E-state index in [4.69, 9.17) is 17.0 Å². The molecule has 3 atom stereocenters. The number of hydrogen-bond donors (Lipinski definition) is 5. The van der Waals surface area contributed by atoms with E-state index in [9.17, 15) is 36.4 Å². The molecule has 0 radical (unpaired) electrons. The number of pyridine rings is 1. The number of carbonyl (C=O) groups is 1. The molecule has 2 aromatic carbocycles. The largest absolute Gasteiger partial charge is 0.593 e. The van der Waals surface area contributed by atoms with Gasteiger partial charge in [-0.25, -0.2) is 13.8 Å². The first kappa shape index (κ1) is 42.3. The molecule has 2 aromatic heterocycles. The molecule has 0 spiro atoms. The molecule has 1 unspecified atom stereocenters. The minimum Gasteiger partial charge on any atom is -0.593 e. The summed E-state index contributed by atoms with van der Waals surface area (Å²) in [5, 5.41) is 27.6. The van der Waals surface area contributed by atoms with Crippen molar-refractivity contribution in [3.63, 3.8) is 0 Å². The molecule has 2 heterocycles. The van der Waals surface area contributed by atoms with Crippen LogP contribution in [-0.2, 0) is 29.6 Å². The Labute approximate surface area is 324 Å². The van der Waals surface area contributed by atoms with Crippen molar-refractivity contribution in [1.82, 2.24) is 25.4 Å². The number of anilines is 1. The number of alkyl halides is 5. The summed E-state index contributed by atoms with van der Waals surface area (Å²) in [6.07, 6.45) is -5.24. The third-order valence-corrected chi connectivity index (χ3v) is 9.38. The SMILES string of the molecule is C[C@H]1CC(F)(F)C(NCC(=O)N[C@@H](Cc2cc(F)cc(F)c2)c2nc(C#CC(C)(C)O)ccc2-c2ccc(Cl)c3c(N[S+](C)[O-])nn(C)c23)=C1C(=N)C(F)(F)F. The molecule has 1 aliphatic rings. The molecule has 0 bridgehead atoms. The van der Waals surface area contributed by atoms with E-state index in [1.807, 2.05) is 0 Å². The topological polar surface area (TPSA) is 151 Å². The highest BCUT2D eigenvalue weighted by molar-refractivity contribution is 7.92. The van der Waals surface area contributed by atoms with E-state index in [0.717, 1.165) is 19.1 Å². The summed E-state index contributed by atoms with van der Waals surface area (Å²) in [6, 6.07) is 7.52. The Bertz CT molecular complexity index is 2280. The van der Waals surface area contributed by atoms with Crippen LogP contribution in [0.15, 0.2) is 53.7 Å². The van der Waals surface area contributed by atoms with Crippen molar-refractivity contribution in [2.24, 2.45) is 13.0 Å². The molecule has 0 saturated heterocycles. The smallest absolute Gasteiger partial charge is 0.433 e. The van der Waals surface area contributed by atoms with E-state index in [1.54, 1.807) is 19.2 Å². The molecule has 5 N–H and O–H groups in total. The monoisotopic (exact) mass is 825 g/mol. The molecule has 1 aliphatic carbocycles. The van der Waals surface area contributed by atoms with E-state index in [-0.39, 0.29) is 34.2 Å². The van der Waals surface area contributed by atoms with Crippen molar-refractivity contribution >= 4 is 51.3 Å². The Balaban J connectivity index is 1.67. The van der Waals surface area contributed by atoms with Crippen LogP contribution in [0.25, 0.3) is 22.0 Å². The van der Waals surface area contributed by atoms with Gasteiger partial charge in [-0.3, -0.25) is 14.9 Å². The first-order valence-electron chi connectivity index (χ1n) is 16.7. The van der Waals surface area contributed by atoms with Gasteiger partial charge in [-0.2, -0.15) is 31.8 Å². The van der Waals surface area contributed by atoms with Crippen LogP contribution in [0.1, 0.15) is 50.2 Å². The van der Waals surface area contributed by atoms with Gasteiger partial charge in [0.1, 0.15) is 34.9 Å². The van der Waals surface area contributed by atoms with E-state index in [1.165, 1.54) is 36.9 Å². The lowest BCUT2D eigenvalue weighted by Crippen LogP contribution is -2.40. The second-order valence-electron chi connectivity index (χ2n) is 13.7. The maximum atomic E-state index is 15.0. The number of nitrogens with zero attached hydrogens (tertiary/aromatic N) is 3. The lowest BCUT2D eigenvalue weighted by molar-refractivity contribution is -0.121. The van der Waals surface area contributed by atoms with E-state index in [2.05, 4.69) is 37.3 Å². The Morgan fingerprint density at radius 2 is 1.80 bits per heavy atom. The zero-order valence-corrected chi connectivity index (χ0v) is 31.9. The lowest BCUT2D eigenvalue weighted by atomic mass is 9.93. The molecule has 56 heavy (non-hydrogen) atoms. The van der Waals surface area contributed by atoms with Crippen LogP contribution < -0.4 is 15.4 Å². The van der Waals surface area contributed by atoms with Crippen LogP contribution >= 0.6 is 11.6 Å². The summed E-state index contributed by atoms with van der Waals surface area (Å²) < 4.78 is 116. The van der Waals surface area contributed by atoms with Crippen LogP contribution in [0.4, 0.5) is 36.6 Å². The summed E-state index contributed by atoms with van der Waals surface area (Å²) in [7, 11) is 1.59. The summed E-state index contributed by atoms with van der Waals surface area (Å²) in [5.74, 6) is -2.58. The number of carbonyl (C=O) groups excluding carboxylic acids is 1. The quantitative estimate of drug-likeness (QED) is 0.0478. The van der Waals surface area contributed by atoms with Gasteiger partial charge in [0.25, 0.3) is 5.92 Å². The van der Waals surface area contributed by atoms with Gasteiger partial charge >= 0.3 is 6.18 Å². The number of aryl methyl sites for hydroxylation is 1. The molecule has 1 amide bonds. The fraction of sp³-hybridized carbons (Fsp3) is 0.351. The molecule has 5 rings (SSSR count). The van der Waals surface area contributed by atoms with Gasteiger partial charge < -0.3 is 20.3 Å². The van der Waals surface area contributed by atoms with Crippen molar-refractivity contribution in [3.05, 3.63) is 87.3 Å². The minimum atomic E-state index is -5.24. The van der Waals surface area contributed by atoms with Gasteiger partial charge in [0, 0.05) is 36.2 Å². The number of allylic oxidation sites excluding steroid dienone is 2. The molecule has 4 aromatic rings. The van der Waals surface area contributed by atoms with E-state index < -0.39 is 88.5 Å². The molecule has 0 fully saturated rings. The number of hydrogen-bond acceptors (Lipinski definition) is 8. The van der Waals surface area contributed by atoms with Gasteiger partial charge in [-0.1, -0.05) is 30.5 Å². The van der Waals surface area contributed by atoms with E-state index in [0.29, 0.717) is 28.1 Å². The van der Waals surface area contributed by atoms with Gasteiger partial charge in [-0.15, -0.1) is 0 Å². The second-order valence-corrected chi connectivity index (χ2v) is 15.2. The zero-order chi connectivity index (χ0) is 41.5. The first-order valence-corrected chi connectivity index (χ1v) is 18.7. The van der Waals surface area contributed by atoms with Gasteiger partial charge in [0.2, 0.25) is 11.7 Å². The van der Waals surface area contributed by atoms with Crippen LogP contribution in [0, 0.1) is 34.8 Å². The van der Waals surface area contributed by atoms with Crippen LogP contribution in [0.3, 0.4) is 0 Å². The van der Waals surface area contributed by atoms with Crippen molar-refractivity contribution in [2.45, 2.75) is 57.4 Å². The fourth-order valence-corrected chi connectivity index (χ4v) is 7.09. The van der Waals surface area contributed by atoms with Crippen molar-refractivity contribution in [3.8, 4) is 23.0 Å². The Morgan fingerprint density at radius 1 is 1.16 bits per heavy atom. The summed E-state index contributed by atoms with van der Waals surface area (Å²) >= 11 is 5.03. The standard InChI is InChI=1S/C37H35ClF7N7O3S/c1-18-16-36(41,42)33(28(18)32(46)37(43,44)45)47-17-27(53)49-26(14-19-12-20(39)15-21(40)13-19)30-23(7-6-22(48-30)10-11-35(2,3)54)24-8-9-25(38)29-31(24)52(4)50-34(29)51-56(5)55/h6-9,12-13,15,18,26,46-47,54H,14,16-17H2,1-5H3,(H,49,53)(H,50,51)/t18-,26-,56?/m0/s1. The van der Waals surface area contributed by atoms with Crippen molar-refractivity contribution in [1.29, 1.82) is 5.41 Å². The second kappa shape index (κ2) is 16.0. The average Bonchev–Trinajstić information content (AvgIpc) is 3.51. The molecule has 298 valence electrons. The van der Waals surface area contributed by atoms with Crippen LogP contribution in [0.5, 0.6) is 0 Å². The number of aromatic nitrogens is 3.